The molecular weight excluding hydrogens is 663 g/mol. The minimum absolute atomic E-state index is 0.0577. The smallest absolute Gasteiger partial charge is 0.245 e. The summed E-state index contributed by atoms with van der Waals surface area (Å²) >= 11 is 0. The molecule has 3 heterocycles. The van der Waals surface area contributed by atoms with E-state index in [0.717, 1.165) is 37.5 Å². The third-order valence-electron chi connectivity index (χ3n) is 8.70. The number of nitrogens with two attached hydrogens (primary N) is 1. The van der Waals surface area contributed by atoms with Crippen molar-refractivity contribution in [3.05, 3.63) is 60.3 Å². The number of hydrogen-bond donors (Lipinski definition) is 2. The third-order valence-corrected chi connectivity index (χ3v) is 11.6. The van der Waals surface area contributed by atoms with E-state index in [4.69, 9.17) is 25.0 Å². The SMILES string of the molecule is COc1cc(C2CCN(CC(N)=O)CC2)ccc1Nc1ncc2c(OCOCC[Si](C)(C)C)cc(-c3ccccc3N(C)S(C)(=O)=O)n2n1. The van der Waals surface area contributed by atoms with E-state index < -0.39 is 18.1 Å². The molecule has 1 saturated heterocycles. The minimum Gasteiger partial charge on any atom is -0.495 e. The zero-order valence-electron chi connectivity index (χ0n) is 29.1. The van der Waals surface area contributed by atoms with Gasteiger partial charge in [0.1, 0.15) is 11.3 Å². The number of carbonyl (C=O) groups excluding carboxylic acids is 1. The maximum atomic E-state index is 12.6. The van der Waals surface area contributed by atoms with Gasteiger partial charge < -0.3 is 25.3 Å². The molecule has 1 amide bonds. The second-order valence-electron chi connectivity index (χ2n) is 13.6. The molecular formula is C34H47N7O6SSi. The predicted molar refractivity (Wildman–Crippen MR) is 195 cm³/mol. The standard InChI is InChI=1S/C34H47N7O6SSi/c1-39(48(3,43)44)28-10-8-7-9-26(28)29-20-32(47-23-46-17-18-49(4,5)6)30-21-36-34(38-41(29)30)37-27-12-11-25(19-31(27)45-2)24-13-15-40(16-14-24)22-33(35)42/h7-12,19-21,24H,13-18,22-23H2,1-6H3,(H2,35,42)(H,37,38). The molecule has 2 aromatic carbocycles. The topological polar surface area (TPSA) is 154 Å². The van der Waals surface area contributed by atoms with Crippen molar-refractivity contribution in [2.45, 2.75) is 44.4 Å². The van der Waals surface area contributed by atoms with Crippen LogP contribution in [0, 0.1) is 0 Å². The molecule has 0 atom stereocenters. The van der Waals surface area contributed by atoms with E-state index in [0.29, 0.717) is 58.1 Å². The average molecular weight is 710 g/mol. The van der Waals surface area contributed by atoms with Crippen LogP contribution in [0.1, 0.15) is 24.3 Å². The molecule has 0 radical (unpaired) electrons. The number of hydrogen-bond acceptors (Lipinski definition) is 10. The number of likely N-dealkylation sites (tertiary alicyclic amines) is 1. The Morgan fingerprint density at radius 2 is 1.84 bits per heavy atom. The van der Waals surface area contributed by atoms with Crippen LogP contribution in [-0.2, 0) is 19.6 Å². The summed E-state index contributed by atoms with van der Waals surface area (Å²) in [6.07, 6.45) is 4.67. The predicted octanol–water partition coefficient (Wildman–Crippen LogP) is 4.90. The largest absolute Gasteiger partial charge is 0.495 e. The average Bonchev–Trinajstić information content (AvgIpc) is 3.41. The normalized spacial score (nSPS) is 14.6. The van der Waals surface area contributed by atoms with Gasteiger partial charge in [0.2, 0.25) is 21.9 Å². The van der Waals surface area contributed by atoms with Crippen LogP contribution in [0.25, 0.3) is 16.8 Å². The molecule has 0 saturated carbocycles. The van der Waals surface area contributed by atoms with E-state index in [1.54, 1.807) is 30.0 Å². The Balaban J connectivity index is 1.45. The summed E-state index contributed by atoms with van der Waals surface area (Å²) in [5.41, 5.74) is 9.58. The van der Waals surface area contributed by atoms with Crippen LogP contribution in [0.4, 0.5) is 17.3 Å². The first kappa shape index (κ1) is 36.1. The first-order valence-corrected chi connectivity index (χ1v) is 21.9. The van der Waals surface area contributed by atoms with Crippen LogP contribution < -0.4 is 24.8 Å². The van der Waals surface area contributed by atoms with Crippen molar-refractivity contribution >= 4 is 46.8 Å². The first-order valence-electron chi connectivity index (χ1n) is 16.3. The van der Waals surface area contributed by atoms with Crippen LogP contribution in [-0.4, -0.2) is 95.3 Å². The minimum atomic E-state index is -3.55. The van der Waals surface area contributed by atoms with E-state index in [-0.39, 0.29) is 19.2 Å². The van der Waals surface area contributed by atoms with E-state index in [1.807, 2.05) is 30.3 Å². The highest BCUT2D eigenvalue weighted by molar-refractivity contribution is 7.92. The van der Waals surface area contributed by atoms with Crippen molar-refractivity contribution in [3.8, 4) is 22.8 Å². The van der Waals surface area contributed by atoms with Crippen LogP contribution in [0.3, 0.4) is 0 Å². The van der Waals surface area contributed by atoms with Crippen molar-refractivity contribution in [2.24, 2.45) is 5.73 Å². The van der Waals surface area contributed by atoms with Gasteiger partial charge in [-0.2, -0.15) is 0 Å². The van der Waals surface area contributed by atoms with Crippen LogP contribution in [0.2, 0.25) is 25.7 Å². The zero-order valence-corrected chi connectivity index (χ0v) is 30.9. The number of primary amides is 1. The summed E-state index contributed by atoms with van der Waals surface area (Å²) < 4.78 is 45.8. The molecule has 1 aliphatic rings. The summed E-state index contributed by atoms with van der Waals surface area (Å²) in [5, 5.41) is 8.14. The lowest BCUT2D eigenvalue weighted by atomic mass is 9.89. The zero-order chi connectivity index (χ0) is 35.3. The Morgan fingerprint density at radius 3 is 2.51 bits per heavy atom. The number of ether oxygens (including phenoxy) is 3. The molecule has 0 spiro atoms. The molecule has 0 aliphatic carbocycles. The fourth-order valence-electron chi connectivity index (χ4n) is 5.84. The number of sulfonamides is 1. The molecule has 3 N–H and O–H groups in total. The monoisotopic (exact) mass is 709 g/mol. The molecule has 49 heavy (non-hydrogen) atoms. The number of piperidine rings is 1. The highest BCUT2D eigenvalue weighted by Gasteiger charge is 2.24. The third kappa shape index (κ3) is 9.09. The first-order chi connectivity index (χ1) is 23.2. The quantitative estimate of drug-likeness (QED) is 0.0990. The number of rotatable bonds is 15. The van der Waals surface area contributed by atoms with Gasteiger partial charge in [0.15, 0.2) is 12.5 Å². The maximum absolute atomic E-state index is 12.6. The van der Waals surface area contributed by atoms with Gasteiger partial charge >= 0.3 is 0 Å². The number of anilines is 3. The van der Waals surface area contributed by atoms with Gasteiger partial charge in [-0.1, -0.05) is 43.9 Å². The van der Waals surface area contributed by atoms with Gasteiger partial charge in [-0.25, -0.2) is 17.9 Å². The lowest BCUT2D eigenvalue weighted by molar-refractivity contribution is -0.119. The van der Waals surface area contributed by atoms with Gasteiger partial charge in [0.05, 0.1) is 43.2 Å². The Labute approximate surface area is 289 Å². The number of nitrogens with one attached hydrogen (secondary N) is 1. The summed E-state index contributed by atoms with van der Waals surface area (Å²) in [7, 11) is -1.66. The molecule has 4 aromatic rings. The van der Waals surface area contributed by atoms with E-state index in [9.17, 15) is 13.2 Å². The summed E-state index contributed by atoms with van der Waals surface area (Å²) in [6.45, 7) is 9.45. The van der Waals surface area contributed by atoms with Crippen molar-refractivity contribution < 1.29 is 27.4 Å². The molecule has 1 fully saturated rings. The van der Waals surface area contributed by atoms with Crippen LogP contribution >= 0.6 is 0 Å². The highest BCUT2D eigenvalue weighted by Crippen LogP contribution is 2.38. The van der Waals surface area contributed by atoms with Gasteiger partial charge in [-0.3, -0.25) is 14.0 Å². The number of methoxy groups -OCH3 is 1. The fourth-order valence-corrected chi connectivity index (χ4v) is 7.12. The van der Waals surface area contributed by atoms with Crippen molar-refractivity contribution in [1.82, 2.24) is 19.5 Å². The second-order valence-corrected chi connectivity index (χ2v) is 21.2. The number of benzene rings is 2. The van der Waals surface area contributed by atoms with Crippen molar-refractivity contribution in [3.63, 3.8) is 0 Å². The number of nitrogens with zero attached hydrogens (tertiary/aromatic N) is 5. The molecule has 0 unspecified atom stereocenters. The molecule has 5 rings (SSSR count). The summed E-state index contributed by atoms with van der Waals surface area (Å²) in [4.78, 5) is 18.0. The lowest BCUT2D eigenvalue weighted by Gasteiger charge is -2.31. The van der Waals surface area contributed by atoms with Gasteiger partial charge in [0.25, 0.3) is 0 Å². The van der Waals surface area contributed by atoms with Crippen LogP contribution in [0.15, 0.2) is 54.7 Å². The van der Waals surface area contributed by atoms with E-state index >= 15 is 0 Å². The lowest BCUT2D eigenvalue weighted by Crippen LogP contribution is -2.39. The van der Waals surface area contributed by atoms with Crippen molar-refractivity contribution in [2.75, 3.05) is 63.1 Å². The molecule has 2 aromatic heterocycles. The Hall–Kier alpha value is -4.18. The van der Waals surface area contributed by atoms with Gasteiger partial charge in [0, 0.05) is 33.4 Å². The molecule has 1 aliphatic heterocycles. The summed E-state index contributed by atoms with van der Waals surface area (Å²) in [5.74, 6) is 1.49. The number of amides is 1. The second kappa shape index (κ2) is 15.1. The summed E-state index contributed by atoms with van der Waals surface area (Å²) in [6, 6.07) is 16.2. The molecule has 264 valence electrons. The van der Waals surface area contributed by atoms with Crippen LogP contribution in [0.5, 0.6) is 11.5 Å². The number of fused-ring (bicyclic) bond motifs is 1. The maximum Gasteiger partial charge on any atom is 0.245 e. The number of carbonyl (C=O) groups is 1. The van der Waals surface area contributed by atoms with Gasteiger partial charge in [-0.05, 0) is 61.7 Å². The Morgan fingerprint density at radius 1 is 1.10 bits per heavy atom. The molecule has 13 nitrogen and oxygen atoms in total. The van der Waals surface area contributed by atoms with E-state index in [1.165, 1.54) is 17.6 Å². The molecule has 0 bridgehead atoms. The fraction of sp³-hybridized carbons (Fsp3) is 0.441. The van der Waals surface area contributed by atoms with E-state index in [2.05, 4.69) is 40.9 Å². The van der Waals surface area contributed by atoms with Gasteiger partial charge in [-0.15, -0.1) is 5.10 Å². The highest BCUT2D eigenvalue weighted by atomic mass is 32.2. The molecule has 15 heteroatoms. The number of para-hydroxylation sites is 1. The van der Waals surface area contributed by atoms with Crippen molar-refractivity contribution in [1.29, 1.82) is 0 Å². The number of aromatic nitrogens is 3. The Kier molecular flexibility index (Phi) is 11.2. The Bertz CT molecular complexity index is 1890.